The maximum Gasteiger partial charge on any atom is 0.339 e. The van der Waals surface area contributed by atoms with Gasteiger partial charge in [-0.15, -0.1) is 0 Å². The number of carboxylic acid groups (broad SMARTS) is 17. The molecular formula is C106H105BrClNO39. The fraction of sp³-hybridized carbons (Fsp3) is 0.132. The second kappa shape index (κ2) is 62.9. The van der Waals surface area contributed by atoms with Crippen molar-refractivity contribution in [3.05, 3.63) is 393 Å². The lowest BCUT2D eigenvalue weighted by atomic mass is 10.00. The molecule has 0 aromatic heterocycles. The van der Waals surface area contributed by atoms with Crippen LogP contribution in [0.3, 0.4) is 0 Å². The number of rotatable bonds is 30. The topological polar surface area (TPSA) is 714 Å². The van der Waals surface area contributed by atoms with E-state index in [-0.39, 0.29) is 202 Å². The number of Topliss-reactive ketones (excluding diaryl/α,β-unsaturated/α-hetero) is 1. The summed E-state index contributed by atoms with van der Waals surface area (Å²) in [6.45, 7) is 14.9. The van der Waals surface area contributed by atoms with Crippen LogP contribution in [-0.4, -0.2) is 207 Å². The van der Waals surface area contributed by atoms with E-state index in [4.69, 9.17) is 113 Å². The molecule has 40 nitrogen and oxygen atoms in total. The molecule has 0 fully saturated rings. The van der Waals surface area contributed by atoms with Gasteiger partial charge < -0.3 is 111 Å². The molecule has 0 spiro atoms. The van der Waals surface area contributed by atoms with Crippen LogP contribution in [0.5, 0.6) is 23.0 Å². The summed E-state index contributed by atoms with van der Waals surface area (Å²) in [5.41, 5.74) is 9.36. The third-order valence-electron chi connectivity index (χ3n) is 18.7. The molecule has 0 saturated heterocycles. The number of carboxylic acids is 17. The molecule has 12 aromatic rings. The molecule has 0 aliphatic heterocycles. The van der Waals surface area contributed by atoms with E-state index in [0.717, 1.165) is 35.4 Å². The summed E-state index contributed by atoms with van der Waals surface area (Å²) in [6.07, 6.45) is 2.85. The molecule has 42 heteroatoms. The summed E-state index contributed by atoms with van der Waals surface area (Å²) in [7, 11) is 0. The van der Waals surface area contributed by atoms with Crippen molar-refractivity contribution in [2.75, 3.05) is 18.9 Å². The minimum Gasteiger partial charge on any atom is -0.489 e. The lowest BCUT2D eigenvalue weighted by molar-refractivity contribution is 0.0672. The Morgan fingerprint density at radius 3 is 0.804 bits per heavy atom. The molecule has 782 valence electrons. The van der Waals surface area contributed by atoms with Crippen molar-refractivity contribution in [3.8, 4) is 23.0 Å². The van der Waals surface area contributed by atoms with Crippen LogP contribution in [-0.2, 0) is 13.2 Å². The number of carbonyl (C=O) groups excluding carboxylic acids is 1. The number of benzene rings is 12. The normalized spacial score (nSPS) is 9.51. The molecule has 0 bridgehead atoms. The lowest BCUT2D eigenvalue weighted by Crippen LogP contribution is -2.09. The Morgan fingerprint density at radius 2 is 0.520 bits per heavy atom. The van der Waals surface area contributed by atoms with Crippen LogP contribution in [0.25, 0.3) is 10.8 Å². The molecule has 0 amide bonds. The fourth-order valence-electron chi connectivity index (χ4n) is 11.7. The fourth-order valence-corrected chi connectivity index (χ4v) is 12.4. The highest BCUT2D eigenvalue weighted by molar-refractivity contribution is 9.10. The summed E-state index contributed by atoms with van der Waals surface area (Å²) in [6, 6.07) is 54.3. The molecule has 148 heavy (non-hydrogen) atoms. The number of nitrogen functional groups attached to an aromatic ring is 1. The van der Waals surface area contributed by atoms with Crippen LogP contribution >= 0.6 is 27.5 Å². The smallest absolute Gasteiger partial charge is 0.339 e. The Balaban J connectivity index is 0. The van der Waals surface area contributed by atoms with E-state index >= 15 is 0 Å². The van der Waals surface area contributed by atoms with Crippen molar-refractivity contribution in [2.45, 2.75) is 85.0 Å². The number of aromatic carboxylic acids is 17. The summed E-state index contributed by atoms with van der Waals surface area (Å²) >= 11 is 8.57. The van der Waals surface area contributed by atoms with Crippen LogP contribution in [0.15, 0.2) is 254 Å². The standard InChI is InChI=1S/C22H18O6.C14H14O6.C12H8O4.C10H10O4.C9H7ClO4.C9H8O4.C9H8O3.C8H5BrO4.C8H7NO4.5CH4/c23-21(24)17-12-20(28-14-16-9-5-2-6-10-16)18(22(25)26)11-19(17)27-13-15-7-3-1-4-8-15;1-3-5-19-11-7-10(14(17)18)12(20-6-4-2)8-9(11)13(15)16;13-11(14)9-5-6-10(12(15)16)8-4-2-1-3-7(8)9;1-5-3-8(10(13)14)6(2)4-7(5)9(11)12;1-4-2-6(9(13)14)7(10)3-5(4)8(11)12;1-5-4-6(8(10)11)2-3-7(5)9(12)13;1-6(10)7-2-4-8(5-3-7)9(11)12;2*9-6-3-4(7(10)11)1-2-5(6)8(12)13;;;;;/h1-12H,13-14H2,(H,23,24)(H,25,26);3-4,7-8H,1-2,5-6H2,(H,15,16)(H,17,18);1-6H,(H,13,14)(H,15,16);3-4H,1-2H3,(H,11,12)(H,13,14);2-3H,1H3,(H,11,12)(H,13,14);2-4H,1H3,(H,10,11)(H,12,13);2-5H,1H3,(H,11,12);1-3H,(H,10,11)(H,12,13);1-3H,9H2,(H,10,11)(H,12,13);5*1H4. The number of anilines is 1. The Bertz CT molecular complexity index is 6340. The number of aryl methyl sites for hydroxylation is 4. The van der Waals surface area contributed by atoms with Gasteiger partial charge in [0.05, 0.1) is 77.3 Å². The third kappa shape index (κ3) is 40.1. The zero-order chi connectivity index (χ0) is 108. The first-order valence-corrected chi connectivity index (χ1v) is 41.3. The first-order valence-electron chi connectivity index (χ1n) is 40.2. The van der Waals surface area contributed by atoms with Gasteiger partial charge in [-0.05, 0) is 222 Å². The van der Waals surface area contributed by atoms with Crippen LogP contribution in [0.1, 0.15) is 264 Å². The van der Waals surface area contributed by atoms with Crippen LogP contribution in [0.2, 0.25) is 5.02 Å². The molecule has 0 atom stereocenters. The van der Waals surface area contributed by atoms with Crippen LogP contribution in [0, 0.1) is 27.7 Å². The van der Waals surface area contributed by atoms with Gasteiger partial charge in [-0.2, -0.15) is 0 Å². The van der Waals surface area contributed by atoms with Gasteiger partial charge in [-0.3, -0.25) is 4.79 Å². The Labute approximate surface area is 858 Å². The second-order valence-corrected chi connectivity index (χ2v) is 29.9. The van der Waals surface area contributed by atoms with Gasteiger partial charge in [0.15, 0.2) is 5.78 Å². The van der Waals surface area contributed by atoms with E-state index in [1.54, 1.807) is 45.0 Å². The van der Waals surface area contributed by atoms with E-state index in [0.29, 0.717) is 38.6 Å². The van der Waals surface area contributed by atoms with Gasteiger partial charge in [-0.1, -0.05) is 171 Å². The number of carbonyl (C=O) groups is 18. The van der Waals surface area contributed by atoms with E-state index in [2.05, 4.69) is 29.1 Å². The molecule has 0 unspecified atom stereocenters. The Hall–Kier alpha value is -19.2. The SMILES string of the molecule is C.C.C.C.C.C=CCOc1cc(C(=O)O)c(OCC=C)cc1C(=O)O.CC(=O)c1ccc(C(=O)O)cc1.Cc1cc(C(=O)O)c(C)cc1C(=O)O.Cc1cc(C(=O)O)c(Cl)cc1C(=O)O.Cc1cc(C(=O)O)ccc1C(=O)O.Nc1cc(C(=O)O)ccc1C(=O)O.O=C(O)c1cc(OCc2ccccc2)c(C(=O)O)cc1OCc1ccccc1.O=C(O)c1ccc(C(=O)O)c(Br)c1.O=C(O)c1ccc(C(=O)O)c2ccccc12. The summed E-state index contributed by atoms with van der Waals surface area (Å²) in [5.74, 6) is -19.3. The van der Waals surface area contributed by atoms with Crippen LogP contribution in [0.4, 0.5) is 5.69 Å². The largest absolute Gasteiger partial charge is 0.489 e. The van der Waals surface area contributed by atoms with Crippen molar-refractivity contribution in [2.24, 2.45) is 0 Å². The van der Waals surface area contributed by atoms with Gasteiger partial charge in [0.2, 0.25) is 0 Å². The summed E-state index contributed by atoms with van der Waals surface area (Å²) in [5, 5.41) is 151. The predicted octanol–water partition coefficient (Wildman–Crippen LogP) is 21.1. The number of ketones is 1. The minimum absolute atomic E-state index is 0. The van der Waals surface area contributed by atoms with E-state index < -0.39 is 101 Å². The number of hydrogen-bond donors (Lipinski definition) is 18. The van der Waals surface area contributed by atoms with Gasteiger partial charge in [0, 0.05) is 15.7 Å². The highest BCUT2D eigenvalue weighted by Gasteiger charge is 2.26. The first-order chi connectivity index (χ1) is 67.2. The molecule has 0 aliphatic rings. The average Bonchev–Trinajstić information content (AvgIpc) is 0.800. The molecule has 12 rings (SSSR count). The van der Waals surface area contributed by atoms with E-state index in [1.165, 1.54) is 141 Å². The van der Waals surface area contributed by atoms with Crippen molar-refractivity contribution in [3.63, 3.8) is 0 Å². The van der Waals surface area contributed by atoms with Crippen molar-refractivity contribution in [1.29, 1.82) is 0 Å². The monoisotopic (exact) mass is 2130 g/mol. The second-order valence-electron chi connectivity index (χ2n) is 28.6. The van der Waals surface area contributed by atoms with E-state index in [1.807, 2.05) is 60.7 Å². The van der Waals surface area contributed by atoms with Gasteiger partial charge in [-0.25, -0.2) is 81.5 Å². The summed E-state index contributed by atoms with van der Waals surface area (Å²) < 4.78 is 21.8. The lowest BCUT2D eigenvalue weighted by Gasteiger charge is -2.14. The number of fused-ring (bicyclic) bond motifs is 1. The van der Waals surface area contributed by atoms with Crippen molar-refractivity contribution >= 4 is 151 Å². The molecule has 0 radical (unpaired) electrons. The first kappa shape index (κ1) is 131. The molecular weight excluding hydrogens is 2030 g/mol. The average molecular weight is 2130 g/mol. The molecule has 0 saturated carbocycles. The molecule has 12 aromatic carbocycles. The third-order valence-corrected chi connectivity index (χ3v) is 19.7. The van der Waals surface area contributed by atoms with Crippen molar-refractivity contribution in [1.82, 2.24) is 0 Å². The molecule has 19 N–H and O–H groups in total. The molecule has 0 aliphatic carbocycles. The predicted molar refractivity (Wildman–Crippen MR) is 546 cm³/mol. The van der Waals surface area contributed by atoms with Gasteiger partial charge >= 0.3 is 101 Å². The van der Waals surface area contributed by atoms with E-state index in [9.17, 15) is 96.5 Å². The van der Waals surface area contributed by atoms with Crippen molar-refractivity contribution < 1.29 is 192 Å². The number of nitrogens with two attached hydrogens (primary N) is 1. The zero-order valence-corrected chi connectivity index (χ0v) is 77.5. The van der Waals surface area contributed by atoms with Gasteiger partial charge in [0.25, 0.3) is 0 Å². The molecule has 0 heterocycles. The number of halogens is 2. The number of ether oxygens (including phenoxy) is 4. The Morgan fingerprint density at radius 1 is 0.270 bits per heavy atom. The van der Waals surface area contributed by atoms with Crippen LogP contribution < -0.4 is 24.7 Å². The number of hydrogen-bond acceptors (Lipinski definition) is 23. The highest BCUT2D eigenvalue weighted by Crippen LogP contribution is 2.34. The highest BCUT2D eigenvalue weighted by atomic mass is 79.9. The maximum atomic E-state index is 11.7. The Kier molecular flexibility index (Phi) is 55.6. The van der Waals surface area contributed by atoms with Gasteiger partial charge in [0.1, 0.15) is 71.7 Å². The minimum atomic E-state index is -1.25. The summed E-state index contributed by atoms with van der Waals surface area (Å²) in [4.78, 5) is 194. The maximum absolute atomic E-state index is 11.7. The zero-order valence-electron chi connectivity index (χ0n) is 75.2. The quantitative estimate of drug-likeness (QED) is 0.0113.